The molecule has 1 unspecified atom stereocenters. The van der Waals surface area contributed by atoms with Crippen molar-refractivity contribution in [2.24, 2.45) is 0 Å². The van der Waals surface area contributed by atoms with Crippen LogP contribution in [0.1, 0.15) is 43.2 Å². The van der Waals surface area contributed by atoms with Crippen LogP contribution < -0.4 is 0 Å². The van der Waals surface area contributed by atoms with Crippen molar-refractivity contribution in [1.82, 2.24) is 9.80 Å². The van der Waals surface area contributed by atoms with Gasteiger partial charge in [-0.1, -0.05) is 12.1 Å². The Bertz CT molecular complexity index is 920. The molecule has 2 aromatic rings. The second-order valence-corrected chi connectivity index (χ2v) is 8.57. The molecule has 0 aromatic heterocycles. The molecule has 30 heavy (non-hydrogen) atoms. The second kappa shape index (κ2) is 8.72. The number of phenolic OH excluding ortho intramolecular Hbond substituents is 1. The van der Waals surface area contributed by atoms with Gasteiger partial charge < -0.3 is 10.0 Å². The van der Waals surface area contributed by atoms with E-state index in [1.54, 1.807) is 18.2 Å². The minimum absolute atomic E-state index is 0.0567. The number of hydrogen-bond donors (Lipinski definition) is 1. The van der Waals surface area contributed by atoms with Crippen LogP contribution in [0.25, 0.3) is 0 Å². The average Bonchev–Trinajstić information content (AvgIpc) is 2.95. The van der Waals surface area contributed by atoms with Crippen molar-refractivity contribution in [1.29, 1.82) is 0 Å². The maximum Gasteiger partial charge on any atom is 0.226 e. The van der Waals surface area contributed by atoms with Crippen LogP contribution in [0.3, 0.4) is 0 Å². The quantitative estimate of drug-likeness (QED) is 0.813. The largest absolute Gasteiger partial charge is 0.508 e. The van der Waals surface area contributed by atoms with E-state index in [-0.39, 0.29) is 29.4 Å². The summed E-state index contributed by atoms with van der Waals surface area (Å²) >= 11 is 0. The SMILES string of the molecule is O=C(Cc1cccc(O)c1)N1CCCC2(CCCN2Cc2cc(F)ccc2F)CC1. The summed E-state index contributed by atoms with van der Waals surface area (Å²) < 4.78 is 27.8. The standard InChI is InChI=1S/C24H28F2N2O2/c25-20-6-7-22(26)19(16-20)17-28-12-3-9-24(28)8-2-11-27(13-10-24)23(30)15-18-4-1-5-21(29)14-18/h1,4-7,14,16,29H,2-3,8-13,15,17H2. The van der Waals surface area contributed by atoms with Crippen LogP contribution in [0, 0.1) is 11.6 Å². The number of halogens is 2. The Morgan fingerprint density at radius 1 is 1.00 bits per heavy atom. The Morgan fingerprint density at radius 3 is 2.60 bits per heavy atom. The summed E-state index contributed by atoms with van der Waals surface area (Å²) in [6.07, 6.45) is 5.04. The molecule has 2 aromatic carbocycles. The third-order valence-electron chi connectivity index (χ3n) is 6.65. The average molecular weight is 414 g/mol. The molecule has 160 valence electrons. The fourth-order valence-corrected chi connectivity index (χ4v) is 5.06. The van der Waals surface area contributed by atoms with Crippen molar-refractivity contribution in [3.8, 4) is 5.75 Å². The number of phenols is 1. The van der Waals surface area contributed by atoms with Crippen molar-refractivity contribution >= 4 is 5.91 Å². The van der Waals surface area contributed by atoms with Gasteiger partial charge in [0, 0.05) is 30.7 Å². The second-order valence-electron chi connectivity index (χ2n) is 8.57. The molecule has 1 amide bonds. The van der Waals surface area contributed by atoms with E-state index in [1.807, 2.05) is 11.0 Å². The van der Waals surface area contributed by atoms with Gasteiger partial charge in [-0.3, -0.25) is 9.69 Å². The number of aromatic hydroxyl groups is 1. The number of benzene rings is 2. The zero-order valence-corrected chi connectivity index (χ0v) is 17.1. The Labute approximate surface area is 176 Å². The highest BCUT2D eigenvalue weighted by molar-refractivity contribution is 5.79. The highest BCUT2D eigenvalue weighted by atomic mass is 19.1. The van der Waals surface area contributed by atoms with E-state index < -0.39 is 5.82 Å². The molecule has 0 aliphatic carbocycles. The van der Waals surface area contributed by atoms with Crippen LogP contribution in [-0.4, -0.2) is 46.0 Å². The van der Waals surface area contributed by atoms with Gasteiger partial charge in [-0.2, -0.15) is 0 Å². The summed E-state index contributed by atoms with van der Waals surface area (Å²) in [4.78, 5) is 17.0. The van der Waals surface area contributed by atoms with Crippen molar-refractivity contribution in [2.75, 3.05) is 19.6 Å². The van der Waals surface area contributed by atoms with Gasteiger partial charge in [-0.15, -0.1) is 0 Å². The zero-order valence-electron chi connectivity index (χ0n) is 17.1. The van der Waals surface area contributed by atoms with Gasteiger partial charge in [-0.05, 0) is 74.5 Å². The molecular weight excluding hydrogens is 386 g/mol. The van der Waals surface area contributed by atoms with Gasteiger partial charge in [0.2, 0.25) is 5.91 Å². The first-order chi connectivity index (χ1) is 14.4. The lowest BCUT2D eigenvalue weighted by molar-refractivity contribution is -0.130. The molecule has 0 saturated carbocycles. The number of hydrogen-bond acceptors (Lipinski definition) is 3. The molecule has 0 radical (unpaired) electrons. The van der Waals surface area contributed by atoms with Crippen LogP contribution in [-0.2, 0) is 17.8 Å². The highest BCUT2D eigenvalue weighted by Crippen LogP contribution is 2.39. The van der Waals surface area contributed by atoms with E-state index >= 15 is 0 Å². The minimum atomic E-state index is -0.413. The number of likely N-dealkylation sites (tertiary alicyclic amines) is 2. The van der Waals surface area contributed by atoms with Crippen LogP contribution in [0.15, 0.2) is 42.5 Å². The minimum Gasteiger partial charge on any atom is -0.508 e. The van der Waals surface area contributed by atoms with E-state index in [2.05, 4.69) is 4.90 Å². The van der Waals surface area contributed by atoms with E-state index in [0.29, 0.717) is 25.2 Å². The number of nitrogens with zero attached hydrogens (tertiary/aromatic N) is 2. The molecule has 2 aliphatic heterocycles. The predicted molar refractivity (Wildman–Crippen MR) is 111 cm³/mol. The van der Waals surface area contributed by atoms with Crippen molar-refractivity contribution < 1.29 is 18.7 Å². The summed E-state index contributed by atoms with van der Waals surface area (Å²) in [6.45, 7) is 2.65. The third kappa shape index (κ3) is 4.48. The van der Waals surface area contributed by atoms with Crippen molar-refractivity contribution in [3.05, 3.63) is 65.2 Å². The van der Waals surface area contributed by atoms with Crippen LogP contribution in [0.4, 0.5) is 8.78 Å². The summed E-state index contributed by atoms with van der Waals surface area (Å²) in [7, 11) is 0. The summed E-state index contributed by atoms with van der Waals surface area (Å²) in [5.41, 5.74) is 1.15. The summed E-state index contributed by atoms with van der Waals surface area (Å²) in [5.74, 6) is -0.543. The zero-order chi connectivity index (χ0) is 21.1. The lowest BCUT2D eigenvalue weighted by Gasteiger charge is -2.38. The first kappa shape index (κ1) is 20.8. The van der Waals surface area contributed by atoms with Crippen LogP contribution in [0.2, 0.25) is 0 Å². The van der Waals surface area contributed by atoms with E-state index in [1.165, 1.54) is 12.1 Å². The topological polar surface area (TPSA) is 43.8 Å². The van der Waals surface area contributed by atoms with Gasteiger partial charge in [-0.25, -0.2) is 8.78 Å². The van der Waals surface area contributed by atoms with Gasteiger partial charge in [0.25, 0.3) is 0 Å². The fraction of sp³-hybridized carbons (Fsp3) is 0.458. The molecule has 0 bridgehead atoms. The van der Waals surface area contributed by atoms with Crippen molar-refractivity contribution in [2.45, 2.75) is 50.6 Å². The normalized spacial score (nSPS) is 22.4. The maximum atomic E-state index is 14.2. The highest BCUT2D eigenvalue weighted by Gasteiger charge is 2.42. The van der Waals surface area contributed by atoms with E-state index in [4.69, 9.17) is 0 Å². The first-order valence-electron chi connectivity index (χ1n) is 10.7. The molecule has 6 heteroatoms. The van der Waals surface area contributed by atoms with Gasteiger partial charge >= 0.3 is 0 Å². The Kier molecular flexibility index (Phi) is 6.04. The lowest BCUT2D eigenvalue weighted by atomic mass is 9.87. The monoisotopic (exact) mass is 414 g/mol. The fourth-order valence-electron chi connectivity index (χ4n) is 5.06. The third-order valence-corrected chi connectivity index (χ3v) is 6.65. The van der Waals surface area contributed by atoms with Crippen LogP contribution in [0.5, 0.6) is 5.75 Å². The van der Waals surface area contributed by atoms with Crippen molar-refractivity contribution in [3.63, 3.8) is 0 Å². The molecule has 4 nitrogen and oxygen atoms in total. The molecule has 4 rings (SSSR count). The molecule has 2 saturated heterocycles. The lowest BCUT2D eigenvalue weighted by Crippen LogP contribution is -2.44. The number of rotatable bonds is 4. The predicted octanol–water partition coefficient (Wildman–Crippen LogP) is 4.26. The first-order valence-corrected chi connectivity index (χ1v) is 10.7. The molecule has 2 aliphatic rings. The molecule has 1 atom stereocenters. The Morgan fingerprint density at radius 2 is 1.80 bits per heavy atom. The Hall–Kier alpha value is -2.47. The number of carbonyl (C=O) groups excluding carboxylic acids is 1. The summed E-state index contributed by atoms with van der Waals surface area (Å²) in [5, 5.41) is 9.63. The Balaban J connectivity index is 1.43. The van der Waals surface area contributed by atoms with Gasteiger partial charge in [0.15, 0.2) is 0 Å². The van der Waals surface area contributed by atoms with E-state index in [0.717, 1.165) is 50.3 Å². The molecule has 1 N–H and O–H groups in total. The molecular formula is C24H28F2N2O2. The molecule has 2 heterocycles. The van der Waals surface area contributed by atoms with Gasteiger partial charge in [0.1, 0.15) is 17.4 Å². The number of carbonyl (C=O) groups is 1. The smallest absolute Gasteiger partial charge is 0.226 e. The number of amides is 1. The molecule has 2 fully saturated rings. The molecule has 1 spiro atoms. The maximum absolute atomic E-state index is 14.2. The summed E-state index contributed by atoms with van der Waals surface area (Å²) in [6, 6.07) is 10.5. The van der Waals surface area contributed by atoms with Gasteiger partial charge in [0.05, 0.1) is 6.42 Å². The van der Waals surface area contributed by atoms with E-state index in [9.17, 15) is 18.7 Å². The van der Waals surface area contributed by atoms with Crippen LogP contribution >= 0.6 is 0 Å².